The van der Waals surface area contributed by atoms with Crippen molar-refractivity contribution in [1.82, 2.24) is 15.5 Å². The van der Waals surface area contributed by atoms with Crippen molar-refractivity contribution in [3.8, 4) is 0 Å². The average molecular weight is 291 g/mol. The topological polar surface area (TPSA) is 90.4 Å². The molecule has 1 amide bonds. The molecular formula is C14H17N3O4. The molecule has 0 aliphatic carbocycles. The molecule has 2 aromatic heterocycles. The summed E-state index contributed by atoms with van der Waals surface area (Å²) in [6, 6.07) is 1.31. The van der Waals surface area contributed by atoms with Crippen LogP contribution >= 0.6 is 0 Å². The lowest BCUT2D eigenvalue weighted by Crippen LogP contribution is -2.36. The van der Waals surface area contributed by atoms with Crippen LogP contribution in [0, 0.1) is 12.8 Å². The van der Waals surface area contributed by atoms with Crippen LogP contribution in [0.5, 0.6) is 0 Å². The van der Waals surface area contributed by atoms with Crippen LogP contribution in [0.15, 0.2) is 27.5 Å². The van der Waals surface area contributed by atoms with Crippen molar-refractivity contribution in [2.45, 2.75) is 25.8 Å². The second-order valence-corrected chi connectivity index (χ2v) is 5.09. The first kappa shape index (κ1) is 13.8. The third kappa shape index (κ3) is 3.13. The molecule has 7 nitrogen and oxygen atoms in total. The summed E-state index contributed by atoms with van der Waals surface area (Å²) in [5, 5.41) is 6.78. The molecule has 1 fully saturated rings. The Balaban J connectivity index is 1.79. The summed E-state index contributed by atoms with van der Waals surface area (Å²) >= 11 is 0. The fourth-order valence-corrected chi connectivity index (χ4v) is 2.49. The number of carbonyl (C=O) groups excluding carboxylic acids is 1. The number of hydrogen-bond donors (Lipinski definition) is 1. The first-order valence-corrected chi connectivity index (χ1v) is 6.95. The molecule has 3 rings (SSSR count). The number of ether oxygens (including phenoxy) is 1. The summed E-state index contributed by atoms with van der Waals surface area (Å²) in [6.45, 7) is 3.11. The largest absolute Gasteiger partial charge is 0.472 e. The molecule has 0 aromatic carbocycles. The van der Waals surface area contributed by atoms with Crippen molar-refractivity contribution in [2.24, 2.45) is 5.92 Å². The van der Waals surface area contributed by atoms with Gasteiger partial charge in [-0.05, 0) is 31.7 Å². The lowest BCUT2D eigenvalue weighted by Gasteiger charge is -2.28. The van der Waals surface area contributed by atoms with E-state index in [4.69, 9.17) is 13.7 Å². The van der Waals surface area contributed by atoms with Gasteiger partial charge in [-0.15, -0.1) is 0 Å². The number of amides is 1. The molecule has 0 radical (unpaired) electrons. The van der Waals surface area contributed by atoms with Crippen molar-refractivity contribution >= 4 is 5.91 Å². The minimum absolute atomic E-state index is 0.212. The number of rotatable bonds is 4. The van der Waals surface area contributed by atoms with Crippen LogP contribution in [0.1, 0.15) is 41.0 Å². The van der Waals surface area contributed by atoms with Gasteiger partial charge in [0.15, 0.2) is 5.82 Å². The fraction of sp³-hybridized carbons (Fsp3) is 0.500. The zero-order valence-corrected chi connectivity index (χ0v) is 11.7. The van der Waals surface area contributed by atoms with Crippen LogP contribution in [0.25, 0.3) is 0 Å². The van der Waals surface area contributed by atoms with Gasteiger partial charge in [0.25, 0.3) is 5.91 Å². The Bertz CT molecular complexity index is 587. The molecule has 2 aromatic rings. The molecule has 21 heavy (non-hydrogen) atoms. The van der Waals surface area contributed by atoms with E-state index in [0.717, 1.165) is 12.8 Å². The average Bonchev–Trinajstić information content (AvgIpc) is 3.17. The first-order chi connectivity index (χ1) is 10.2. The number of furan rings is 1. The Kier molecular flexibility index (Phi) is 4.01. The summed E-state index contributed by atoms with van der Waals surface area (Å²) < 4.78 is 15.6. The van der Waals surface area contributed by atoms with Gasteiger partial charge in [0, 0.05) is 13.2 Å². The monoisotopic (exact) mass is 291 g/mol. The van der Waals surface area contributed by atoms with E-state index in [1.165, 1.54) is 12.5 Å². The van der Waals surface area contributed by atoms with E-state index in [0.29, 0.717) is 30.5 Å². The maximum absolute atomic E-state index is 12.2. The van der Waals surface area contributed by atoms with Crippen molar-refractivity contribution < 1.29 is 18.5 Å². The van der Waals surface area contributed by atoms with E-state index < -0.39 is 0 Å². The van der Waals surface area contributed by atoms with Gasteiger partial charge in [-0.25, -0.2) is 0 Å². The predicted octanol–water partition coefficient (Wildman–Crippen LogP) is 1.87. The number of aryl methyl sites for hydroxylation is 1. The molecule has 3 heterocycles. The van der Waals surface area contributed by atoms with E-state index in [1.54, 1.807) is 13.0 Å². The molecular weight excluding hydrogens is 274 g/mol. The second kappa shape index (κ2) is 6.09. The molecule has 1 aliphatic heterocycles. The fourth-order valence-electron chi connectivity index (χ4n) is 2.49. The van der Waals surface area contributed by atoms with Gasteiger partial charge in [0.2, 0.25) is 5.89 Å². The maximum Gasteiger partial charge on any atom is 0.255 e. The van der Waals surface area contributed by atoms with E-state index in [9.17, 15) is 4.79 Å². The highest BCUT2D eigenvalue weighted by molar-refractivity contribution is 5.93. The molecule has 7 heteroatoms. The van der Waals surface area contributed by atoms with Crippen molar-refractivity contribution in [3.63, 3.8) is 0 Å². The molecule has 0 saturated carbocycles. The quantitative estimate of drug-likeness (QED) is 0.924. The SMILES string of the molecule is Cc1noc([C@H](NC(=O)c2ccoc2)C2CCOCC2)n1. The van der Waals surface area contributed by atoms with Gasteiger partial charge < -0.3 is 19.0 Å². The minimum atomic E-state index is -0.308. The van der Waals surface area contributed by atoms with E-state index in [1.807, 2.05) is 0 Å². The zero-order chi connectivity index (χ0) is 14.7. The summed E-state index contributed by atoms with van der Waals surface area (Å²) in [7, 11) is 0. The normalized spacial score (nSPS) is 17.6. The summed E-state index contributed by atoms with van der Waals surface area (Å²) in [6.07, 6.45) is 4.57. The molecule has 1 N–H and O–H groups in total. The van der Waals surface area contributed by atoms with Crippen molar-refractivity contribution in [1.29, 1.82) is 0 Å². The third-order valence-electron chi connectivity index (χ3n) is 3.62. The van der Waals surface area contributed by atoms with E-state index in [2.05, 4.69) is 15.5 Å². The van der Waals surface area contributed by atoms with E-state index >= 15 is 0 Å². The lowest BCUT2D eigenvalue weighted by atomic mass is 9.91. The number of hydrogen-bond acceptors (Lipinski definition) is 6. The highest BCUT2D eigenvalue weighted by Gasteiger charge is 2.31. The van der Waals surface area contributed by atoms with Gasteiger partial charge in [-0.3, -0.25) is 4.79 Å². The predicted molar refractivity (Wildman–Crippen MR) is 71.5 cm³/mol. The second-order valence-electron chi connectivity index (χ2n) is 5.09. The summed E-state index contributed by atoms with van der Waals surface area (Å²) in [4.78, 5) is 16.5. The number of carbonyl (C=O) groups is 1. The molecule has 1 saturated heterocycles. The standard InChI is InChI=1S/C14H17N3O4/c1-9-15-14(21-17-9)12(10-2-5-19-6-3-10)16-13(18)11-4-7-20-8-11/h4,7-8,10,12H,2-3,5-6H2,1H3,(H,16,18)/t12-/m1/s1. The number of nitrogens with zero attached hydrogens (tertiary/aromatic N) is 2. The Morgan fingerprint density at radius 3 is 2.86 bits per heavy atom. The van der Waals surface area contributed by atoms with Gasteiger partial charge in [0.05, 0.1) is 11.8 Å². The highest BCUT2D eigenvalue weighted by atomic mass is 16.5. The van der Waals surface area contributed by atoms with Gasteiger partial charge >= 0.3 is 0 Å². The molecule has 112 valence electrons. The van der Waals surface area contributed by atoms with E-state index in [-0.39, 0.29) is 17.9 Å². The lowest BCUT2D eigenvalue weighted by molar-refractivity contribution is 0.0467. The third-order valence-corrected chi connectivity index (χ3v) is 3.62. The van der Waals surface area contributed by atoms with Crippen molar-refractivity contribution in [3.05, 3.63) is 35.9 Å². The Hall–Kier alpha value is -2.15. The maximum atomic E-state index is 12.2. The molecule has 1 atom stereocenters. The van der Waals surface area contributed by atoms with Crippen LogP contribution < -0.4 is 5.32 Å². The first-order valence-electron chi connectivity index (χ1n) is 6.95. The Morgan fingerprint density at radius 2 is 2.24 bits per heavy atom. The molecule has 0 unspecified atom stereocenters. The van der Waals surface area contributed by atoms with Gasteiger partial charge in [-0.2, -0.15) is 4.98 Å². The van der Waals surface area contributed by atoms with Gasteiger partial charge in [-0.1, -0.05) is 5.16 Å². The van der Waals surface area contributed by atoms with Crippen LogP contribution in [-0.4, -0.2) is 29.3 Å². The van der Waals surface area contributed by atoms with Crippen LogP contribution in [0.4, 0.5) is 0 Å². The zero-order valence-electron chi connectivity index (χ0n) is 11.7. The number of nitrogens with one attached hydrogen (secondary N) is 1. The highest BCUT2D eigenvalue weighted by Crippen LogP contribution is 2.29. The Morgan fingerprint density at radius 1 is 1.43 bits per heavy atom. The Labute approximate surface area is 121 Å². The number of aromatic nitrogens is 2. The molecule has 0 bridgehead atoms. The molecule has 0 spiro atoms. The summed E-state index contributed by atoms with van der Waals surface area (Å²) in [5.41, 5.74) is 0.475. The van der Waals surface area contributed by atoms with Crippen molar-refractivity contribution in [2.75, 3.05) is 13.2 Å². The van der Waals surface area contributed by atoms with Gasteiger partial charge in [0.1, 0.15) is 12.3 Å². The van der Waals surface area contributed by atoms with Crippen LogP contribution in [0.2, 0.25) is 0 Å². The molecule has 1 aliphatic rings. The smallest absolute Gasteiger partial charge is 0.255 e. The minimum Gasteiger partial charge on any atom is -0.472 e. The van der Waals surface area contributed by atoms with Crippen LogP contribution in [-0.2, 0) is 4.74 Å². The summed E-state index contributed by atoms with van der Waals surface area (Å²) in [5.74, 6) is 1.00. The van der Waals surface area contributed by atoms with Crippen LogP contribution in [0.3, 0.4) is 0 Å².